The minimum Gasteiger partial charge on any atom is -0.492 e. The average molecular weight is 490 g/mol. The molecule has 0 aliphatic rings. The molecule has 0 bridgehead atoms. The predicted octanol–water partition coefficient (Wildman–Crippen LogP) is 1.55. The molecule has 0 saturated carbocycles. The van der Waals surface area contributed by atoms with Gasteiger partial charge in [0.15, 0.2) is 0 Å². The van der Waals surface area contributed by atoms with Crippen LogP contribution in [0.1, 0.15) is 0 Å². The molecule has 12 heteroatoms. The Morgan fingerprint density at radius 3 is 2.26 bits per heavy atom. The standard InChI is InChI=1S/C19H24ClN3O6S2/c1-22(2)31(27,28)18-9-7-17(8-10-18)29-12-11-21-19(24)14-23(30(3,25)26)16-6-4-5-15(20)13-16/h4-10,13H,11-12,14H2,1-3H3,(H,21,24). The Balaban J connectivity index is 1.89. The van der Waals surface area contributed by atoms with Crippen LogP contribution in [0.25, 0.3) is 0 Å². The van der Waals surface area contributed by atoms with E-state index in [1.54, 1.807) is 18.2 Å². The van der Waals surface area contributed by atoms with Crippen molar-refractivity contribution in [1.29, 1.82) is 0 Å². The van der Waals surface area contributed by atoms with E-state index >= 15 is 0 Å². The highest BCUT2D eigenvalue weighted by Gasteiger charge is 2.21. The summed E-state index contributed by atoms with van der Waals surface area (Å²) in [5.74, 6) is -0.0786. The highest BCUT2D eigenvalue weighted by atomic mass is 35.5. The molecule has 1 amide bonds. The summed E-state index contributed by atoms with van der Waals surface area (Å²) < 4.78 is 55.8. The molecule has 0 atom stereocenters. The minimum absolute atomic E-state index is 0.113. The minimum atomic E-state index is -3.70. The highest BCUT2D eigenvalue weighted by Crippen LogP contribution is 2.21. The van der Waals surface area contributed by atoms with Crippen molar-refractivity contribution in [3.05, 3.63) is 53.6 Å². The number of hydrogen-bond acceptors (Lipinski definition) is 6. The van der Waals surface area contributed by atoms with Gasteiger partial charge < -0.3 is 10.1 Å². The van der Waals surface area contributed by atoms with Crippen molar-refractivity contribution >= 4 is 43.2 Å². The van der Waals surface area contributed by atoms with E-state index in [0.29, 0.717) is 10.8 Å². The number of sulfonamides is 2. The number of hydrogen-bond donors (Lipinski definition) is 1. The molecule has 0 saturated heterocycles. The summed E-state index contributed by atoms with van der Waals surface area (Å²) in [5.41, 5.74) is 0.286. The molecule has 2 rings (SSSR count). The maximum Gasteiger partial charge on any atom is 0.242 e. The Morgan fingerprint density at radius 1 is 1.06 bits per heavy atom. The molecule has 9 nitrogen and oxygen atoms in total. The van der Waals surface area contributed by atoms with Crippen LogP contribution in [0.3, 0.4) is 0 Å². The number of nitrogens with zero attached hydrogens (tertiary/aromatic N) is 2. The van der Waals surface area contributed by atoms with E-state index in [4.69, 9.17) is 16.3 Å². The van der Waals surface area contributed by atoms with Gasteiger partial charge in [-0.25, -0.2) is 21.1 Å². The lowest BCUT2D eigenvalue weighted by Gasteiger charge is -2.22. The topological polar surface area (TPSA) is 113 Å². The number of ether oxygens (including phenoxy) is 1. The van der Waals surface area contributed by atoms with Crippen molar-refractivity contribution in [1.82, 2.24) is 9.62 Å². The molecule has 0 fully saturated rings. The van der Waals surface area contributed by atoms with Crippen LogP contribution in [0.15, 0.2) is 53.4 Å². The first-order chi connectivity index (χ1) is 14.4. The molecule has 0 aromatic heterocycles. The molecule has 0 aliphatic heterocycles. The molecule has 0 radical (unpaired) electrons. The summed E-state index contributed by atoms with van der Waals surface area (Å²) in [5, 5.41) is 2.94. The van der Waals surface area contributed by atoms with Crippen molar-refractivity contribution in [2.45, 2.75) is 4.90 Å². The SMILES string of the molecule is CN(C)S(=O)(=O)c1ccc(OCCNC(=O)CN(c2cccc(Cl)c2)S(C)(=O)=O)cc1. The number of carbonyl (C=O) groups excluding carboxylic acids is 1. The van der Waals surface area contributed by atoms with Crippen LogP contribution in [-0.4, -0.2) is 67.1 Å². The second kappa shape index (κ2) is 10.3. The van der Waals surface area contributed by atoms with Gasteiger partial charge in [0.05, 0.1) is 23.4 Å². The van der Waals surface area contributed by atoms with E-state index < -0.39 is 32.5 Å². The molecule has 1 N–H and O–H groups in total. The van der Waals surface area contributed by atoms with Gasteiger partial charge in [-0.3, -0.25) is 9.10 Å². The summed E-state index contributed by atoms with van der Waals surface area (Å²) in [6.07, 6.45) is 1.00. The number of rotatable bonds is 10. The van der Waals surface area contributed by atoms with Crippen LogP contribution in [-0.2, 0) is 24.8 Å². The maximum atomic E-state index is 12.2. The summed E-state index contributed by atoms with van der Waals surface area (Å²) in [6, 6.07) is 12.1. The van der Waals surface area contributed by atoms with Crippen molar-refractivity contribution in [3.63, 3.8) is 0 Å². The summed E-state index contributed by atoms with van der Waals surface area (Å²) in [6.45, 7) is -0.165. The van der Waals surface area contributed by atoms with E-state index in [9.17, 15) is 21.6 Å². The monoisotopic (exact) mass is 489 g/mol. The van der Waals surface area contributed by atoms with E-state index in [-0.39, 0.29) is 23.7 Å². The maximum absolute atomic E-state index is 12.2. The number of benzene rings is 2. The van der Waals surface area contributed by atoms with Gasteiger partial charge in [0.2, 0.25) is 26.0 Å². The second-order valence-corrected chi connectivity index (χ2v) is 11.2. The molecule has 0 spiro atoms. The van der Waals surface area contributed by atoms with E-state index in [1.165, 1.54) is 44.4 Å². The largest absolute Gasteiger partial charge is 0.492 e. The fourth-order valence-electron chi connectivity index (χ4n) is 2.50. The van der Waals surface area contributed by atoms with Gasteiger partial charge in [-0.05, 0) is 42.5 Å². The lowest BCUT2D eigenvalue weighted by Crippen LogP contribution is -2.41. The first-order valence-electron chi connectivity index (χ1n) is 9.06. The van der Waals surface area contributed by atoms with Crippen LogP contribution in [0.4, 0.5) is 5.69 Å². The van der Waals surface area contributed by atoms with Gasteiger partial charge in [0.1, 0.15) is 18.9 Å². The van der Waals surface area contributed by atoms with Crippen molar-refractivity contribution in [2.75, 3.05) is 44.4 Å². The third-order valence-electron chi connectivity index (χ3n) is 4.08. The number of carbonyl (C=O) groups is 1. The van der Waals surface area contributed by atoms with Crippen LogP contribution in [0.5, 0.6) is 5.75 Å². The molecule has 0 unspecified atom stereocenters. The van der Waals surface area contributed by atoms with Gasteiger partial charge in [-0.1, -0.05) is 17.7 Å². The van der Waals surface area contributed by atoms with Gasteiger partial charge in [0.25, 0.3) is 0 Å². The zero-order valence-corrected chi connectivity index (χ0v) is 19.7. The number of anilines is 1. The summed E-state index contributed by atoms with van der Waals surface area (Å²) in [7, 11) is -4.33. The van der Waals surface area contributed by atoms with Crippen LogP contribution in [0, 0.1) is 0 Å². The normalized spacial score (nSPS) is 11.9. The van der Waals surface area contributed by atoms with E-state index in [1.807, 2.05) is 0 Å². The molecular formula is C19H24ClN3O6S2. The molecule has 2 aromatic carbocycles. The Bertz CT molecular complexity index is 1120. The van der Waals surface area contributed by atoms with E-state index in [0.717, 1.165) is 14.9 Å². The summed E-state index contributed by atoms with van der Waals surface area (Å²) in [4.78, 5) is 12.4. The number of halogens is 1. The zero-order valence-electron chi connectivity index (χ0n) is 17.3. The van der Waals surface area contributed by atoms with Crippen LogP contribution in [0.2, 0.25) is 5.02 Å². The first-order valence-corrected chi connectivity index (χ1v) is 12.7. The predicted molar refractivity (Wildman–Crippen MR) is 119 cm³/mol. The van der Waals surface area contributed by atoms with Crippen LogP contribution < -0.4 is 14.4 Å². The highest BCUT2D eigenvalue weighted by molar-refractivity contribution is 7.92. The van der Waals surface area contributed by atoms with Gasteiger partial charge in [0, 0.05) is 19.1 Å². The third-order valence-corrected chi connectivity index (χ3v) is 7.28. The van der Waals surface area contributed by atoms with Crippen molar-refractivity contribution < 1.29 is 26.4 Å². The summed E-state index contributed by atoms with van der Waals surface area (Å²) >= 11 is 5.91. The smallest absolute Gasteiger partial charge is 0.242 e. The third kappa shape index (κ3) is 7.10. The lowest BCUT2D eigenvalue weighted by molar-refractivity contribution is -0.119. The molecule has 0 aliphatic carbocycles. The fraction of sp³-hybridized carbons (Fsp3) is 0.316. The Kier molecular flexibility index (Phi) is 8.29. The molecular weight excluding hydrogens is 466 g/mol. The first kappa shape index (κ1) is 24.9. The Labute approximate surface area is 187 Å². The quantitative estimate of drug-likeness (QED) is 0.506. The zero-order chi connectivity index (χ0) is 23.2. The fourth-order valence-corrected chi connectivity index (χ4v) is 4.43. The van der Waals surface area contributed by atoms with Crippen LogP contribution >= 0.6 is 11.6 Å². The Morgan fingerprint density at radius 2 is 1.71 bits per heavy atom. The molecule has 2 aromatic rings. The molecule has 170 valence electrons. The second-order valence-electron chi connectivity index (χ2n) is 6.71. The average Bonchev–Trinajstić information content (AvgIpc) is 2.68. The van der Waals surface area contributed by atoms with Crippen molar-refractivity contribution in [2.24, 2.45) is 0 Å². The molecule has 31 heavy (non-hydrogen) atoms. The Hall–Kier alpha value is -2.34. The van der Waals surface area contributed by atoms with Gasteiger partial charge in [-0.15, -0.1) is 0 Å². The van der Waals surface area contributed by atoms with Gasteiger partial charge >= 0.3 is 0 Å². The van der Waals surface area contributed by atoms with E-state index in [2.05, 4.69) is 5.32 Å². The molecule has 0 heterocycles. The number of nitrogens with one attached hydrogen (secondary N) is 1. The lowest BCUT2D eigenvalue weighted by atomic mass is 10.3. The number of amides is 1. The van der Waals surface area contributed by atoms with Gasteiger partial charge in [-0.2, -0.15) is 0 Å². The van der Waals surface area contributed by atoms with Crippen molar-refractivity contribution in [3.8, 4) is 5.75 Å².